The molecule has 1 fully saturated rings. The largest absolute Gasteiger partial charge is 0.285 e. The Balaban J connectivity index is 2.83. The molecule has 1 aliphatic carbocycles. The van der Waals surface area contributed by atoms with Gasteiger partial charge >= 0.3 is 0 Å². The Morgan fingerprint density at radius 1 is 1.12 bits per heavy atom. The average Bonchev–Trinajstić information content (AvgIpc) is 2.07. The molecule has 0 heterocycles. The minimum atomic E-state index is -4.20. The maximum absolute atomic E-state index is 11.1. The van der Waals surface area contributed by atoms with Crippen molar-refractivity contribution in [3.63, 3.8) is 0 Å². The van der Waals surface area contributed by atoms with Crippen molar-refractivity contribution in [3.8, 4) is 0 Å². The van der Waals surface area contributed by atoms with Gasteiger partial charge in [0.15, 0.2) is 0 Å². The molecule has 6 nitrogen and oxygen atoms in total. The van der Waals surface area contributed by atoms with Crippen LogP contribution in [0, 0.1) is 0 Å². The van der Waals surface area contributed by atoms with Crippen LogP contribution < -0.4 is 4.72 Å². The van der Waals surface area contributed by atoms with E-state index in [0.29, 0.717) is 0 Å². The summed E-state index contributed by atoms with van der Waals surface area (Å²) in [5, 5.41) is -2.62. The predicted octanol–water partition coefficient (Wildman–Crippen LogP) is 0.169. The monoisotopic (exact) mass is 325 g/mol. The molecule has 0 aromatic rings. The fraction of sp³-hybridized carbons (Fsp3) is 1.00. The van der Waals surface area contributed by atoms with Crippen molar-refractivity contribution in [3.05, 3.63) is 0 Å². The Hall–Kier alpha value is 0.400. The molecule has 0 aromatic heterocycles. The van der Waals surface area contributed by atoms with Crippen LogP contribution in [0.25, 0.3) is 0 Å². The van der Waals surface area contributed by atoms with Gasteiger partial charge in [-0.3, -0.25) is 4.55 Å². The Kier molecular flexibility index (Phi) is 4.71. The summed E-state index contributed by atoms with van der Waals surface area (Å²) in [5.74, 6) is 0. The Morgan fingerprint density at radius 3 is 1.82 bits per heavy atom. The lowest BCUT2D eigenvalue weighted by molar-refractivity contribution is 0.394. The Labute approximate surface area is 110 Å². The fourth-order valence-electron chi connectivity index (χ4n) is 1.76. The van der Waals surface area contributed by atoms with Crippen LogP contribution in [0.3, 0.4) is 0 Å². The van der Waals surface area contributed by atoms with Crippen LogP contribution in [0.1, 0.15) is 12.8 Å². The highest BCUT2D eigenvalue weighted by Crippen LogP contribution is 2.31. The molecule has 1 aliphatic rings. The van der Waals surface area contributed by atoms with E-state index in [1.165, 1.54) is 0 Å². The van der Waals surface area contributed by atoms with Gasteiger partial charge in [-0.05, 0) is 12.8 Å². The molecule has 10 heteroatoms. The number of sulfonamides is 1. The zero-order chi connectivity index (χ0) is 13.4. The first-order valence-corrected chi connectivity index (χ1v) is 8.99. The molecule has 102 valence electrons. The summed E-state index contributed by atoms with van der Waals surface area (Å²) in [6.45, 7) is 0. The van der Waals surface area contributed by atoms with Crippen molar-refractivity contribution in [2.75, 3.05) is 6.26 Å². The number of hydrogen-bond donors (Lipinski definition) is 2. The van der Waals surface area contributed by atoms with E-state index in [9.17, 15) is 16.8 Å². The van der Waals surface area contributed by atoms with Crippen molar-refractivity contribution < 1.29 is 21.4 Å². The number of rotatable bonds is 3. The van der Waals surface area contributed by atoms with Gasteiger partial charge in [0, 0.05) is 0 Å². The van der Waals surface area contributed by atoms with Crippen LogP contribution in [-0.4, -0.2) is 49.7 Å². The van der Waals surface area contributed by atoms with Crippen LogP contribution in [0.4, 0.5) is 0 Å². The highest BCUT2D eigenvalue weighted by Gasteiger charge is 2.41. The molecule has 0 spiro atoms. The van der Waals surface area contributed by atoms with Crippen LogP contribution in [-0.2, 0) is 20.1 Å². The normalized spacial score (nSPS) is 35.8. The number of nitrogens with one attached hydrogen (secondary N) is 1. The molecule has 0 aromatic carbocycles. The second-order valence-electron chi connectivity index (χ2n) is 4.06. The summed E-state index contributed by atoms with van der Waals surface area (Å²) in [4.78, 5) is 0. The minimum absolute atomic E-state index is 0.0448. The second kappa shape index (κ2) is 5.18. The molecular weight excluding hydrogens is 313 g/mol. The van der Waals surface area contributed by atoms with Gasteiger partial charge < -0.3 is 0 Å². The maximum atomic E-state index is 11.1. The van der Waals surface area contributed by atoms with E-state index in [1.54, 1.807) is 0 Å². The second-order valence-corrected chi connectivity index (χ2v) is 8.65. The zero-order valence-corrected chi connectivity index (χ0v) is 12.0. The van der Waals surface area contributed by atoms with Gasteiger partial charge in [0.05, 0.1) is 28.3 Å². The van der Waals surface area contributed by atoms with Gasteiger partial charge in [0.25, 0.3) is 10.1 Å². The van der Waals surface area contributed by atoms with Crippen LogP contribution >= 0.6 is 23.2 Å². The Morgan fingerprint density at radius 2 is 1.53 bits per heavy atom. The average molecular weight is 326 g/mol. The minimum Gasteiger partial charge on any atom is -0.285 e. The predicted molar refractivity (Wildman–Crippen MR) is 65.6 cm³/mol. The van der Waals surface area contributed by atoms with E-state index in [1.807, 2.05) is 0 Å². The molecule has 0 bridgehead atoms. The third-order valence-corrected chi connectivity index (χ3v) is 5.35. The van der Waals surface area contributed by atoms with Crippen molar-refractivity contribution in [2.24, 2.45) is 0 Å². The summed E-state index contributed by atoms with van der Waals surface area (Å²) in [6, 6.07) is -0.744. The van der Waals surface area contributed by atoms with Crippen LogP contribution in [0.5, 0.6) is 0 Å². The van der Waals surface area contributed by atoms with E-state index in [0.717, 1.165) is 6.26 Å². The van der Waals surface area contributed by atoms with E-state index in [2.05, 4.69) is 4.72 Å². The van der Waals surface area contributed by atoms with Gasteiger partial charge in [-0.2, -0.15) is 8.42 Å². The zero-order valence-electron chi connectivity index (χ0n) is 8.88. The number of hydrogen-bond acceptors (Lipinski definition) is 4. The molecule has 17 heavy (non-hydrogen) atoms. The lowest BCUT2D eigenvalue weighted by atomic mass is 9.94. The molecule has 0 amide bonds. The van der Waals surface area contributed by atoms with Gasteiger partial charge in [-0.25, -0.2) is 13.1 Å². The SMILES string of the molecule is CS(=O)(=O)NC1C(Cl)CC(S(=O)(=O)O)CC1Cl. The third-order valence-electron chi connectivity index (χ3n) is 2.53. The van der Waals surface area contributed by atoms with E-state index in [4.69, 9.17) is 27.8 Å². The van der Waals surface area contributed by atoms with Crippen molar-refractivity contribution in [1.29, 1.82) is 0 Å². The highest BCUT2D eigenvalue weighted by molar-refractivity contribution is 7.88. The summed E-state index contributed by atoms with van der Waals surface area (Å²) >= 11 is 11.8. The van der Waals surface area contributed by atoms with Crippen molar-refractivity contribution in [2.45, 2.75) is 34.9 Å². The first kappa shape index (κ1) is 15.5. The first-order chi connectivity index (χ1) is 7.50. The van der Waals surface area contributed by atoms with Crippen LogP contribution in [0.2, 0.25) is 0 Å². The third kappa shape index (κ3) is 4.53. The fourth-order valence-corrected chi connectivity index (χ4v) is 4.82. The molecule has 2 atom stereocenters. The topological polar surface area (TPSA) is 101 Å². The van der Waals surface area contributed by atoms with Gasteiger partial charge in [-0.15, -0.1) is 23.2 Å². The molecule has 0 radical (unpaired) electrons. The van der Waals surface area contributed by atoms with E-state index in [-0.39, 0.29) is 12.8 Å². The highest BCUT2D eigenvalue weighted by atomic mass is 35.5. The maximum Gasteiger partial charge on any atom is 0.267 e. The van der Waals surface area contributed by atoms with Crippen LogP contribution in [0.15, 0.2) is 0 Å². The summed E-state index contributed by atoms with van der Waals surface area (Å²) in [7, 11) is -7.68. The van der Waals surface area contributed by atoms with Gasteiger partial charge in [0.1, 0.15) is 0 Å². The van der Waals surface area contributed by atoms with Gasteiger partial charge in [0.2, 0.25) is 10.0 Å². The smallest absolute Gasteiger partial charge is 0.267 e. The lowest BCUT2D eigenvalue weighted by Crippen LogP contribution is -2.52. The number of alkyl halides is 2. The van der Waals surface area contributed by atoms with Gasteiger partial charge in [-0.1, -0.05) is 0 Å². The summed E-state index contributed by atoms with van der Waals surface area (Å²) in [5.41, 5.74) is 0. The molecule has 0 aliphatic heterocycles. The first-order valence-electron chi connectivity index (χ1n) is 4.72. The van der Waals surface area contributed by atoms with Crippen molar-refractivity contribution in [1.82, 2.24) is 4.72 Å². The number of halogens is 2. The summed E-state index contributed by atoms with van der Waals surface area (Å²) < 4.78 is 55.3. The van der Waals surface area contributed by atoms with E-state index < -0.39 is 42.2 Å². The molecule has 0 saturated heterocycles. The van der Waals surface area contributed by atoms with E-state index >= 15 is 0 Å². The molecular formula is C7H13Cl2NO5S2. The Bertz CT molecular complexity index is 464. The quantitative estimate of drug-likeness (QED) is 0.569. The lowest BCUT2D eigenvalue weighted by Gasteiger charge is -2.34. The molecule has 2 unspecified atom stereocenters. The molecule has 1 saturated carbocycles. The standard InChI is InChI=1S/C7H13Cl2NO5S2/c1-16(11,12)10-7-5(8)2-4(3-6(7)9)17(13,14)15/h4-7,10H,2-3H2,1H3,(H,13,14,15). The van der Waals surface area contributed by atoms with Crippen molar-refractivity contribution >= 4 is 43.3 Å². The molecule has 2 N–H and O–H groups in total. The molecule has 1 rings (SSSR count). The summed E-state index contributed by atoms with van der Waals surface area (Å²) in [6.07, 6.45) is 0.878.